The van der Waals surface area contributed by atoms with Crippen LogP contribution in [0.2, 0.25) is 5.02 Å². The molecule has 4 aliphatic heterocycles. The maximum atomic E-state index is 16.9. The van der Waals surface area contributed by atoms with Gasteiger partial charge in [0.25, 0.3) is 0 Å². The molecule has 0 bridgehead atoms. The summed E-state index contributed by atoms with van der Waals surface area (Å²) in [6.45, 7) is 6.23. The normalized spacial score (nSPS) is 26.6. The first kappa shape index (κ1) is 29.8. The second-order valence-electron chi connectivity index (χ2n) is 12.9. The topological polar surface area (TPSA) is 83.0 Å². The summed E-state index contributed by atoms with van der Waals surface area (Å²) in [5, 5.41) is 13.8. The van der Waals surface area contributed by atoms with Crippen molar-refractivity contribution in [3.63, 3.8) is 0 Å². The molecule has 3 saturated heterocycles. The largest absolute Gasteiger partial charge is 0.508 e. The minimum atomic E-state index is -0.959. The highest BCUT2D eigenvalue weighted by molar-refractivity contribution is 6.36. The van der Waals surface area contributed by atoms with Crippen molar-refractivity contribution in [1.29, 1.82) is 0 Å². The number of nitrogens with one attached hydrogen (secondary N) is 1. The van der Waals surface area contributed by atoms with Crippen molar-refractivity contribution < 1.29 is 32.1 Å². The Morgan fingerprint density at radius 1 is 1.20 bits per heavy atom. The van der Waals surface area contributed by atoms with Gasteiger partial charge >= 0.3 is 6.01 Å². The monoisotopic (exact) mass is 657 g/mol. The van der Waals surface area contributed by atoms with E-state index in [1.165, 1.54) is 0 Å². The molecular formula is C33H32ClF4N5O3. The molecule has 46 heavy (non-hydrogen) atoms. The van der Waals surface area contributed by atoms with Gasteiger partial charge < -0.3 is 24.8 Å². The van der Waals surface area contributed by atoms with Gasteiger partial charge in [-0.25, -0.2) is 17.6 Å². The van der Waals surface area contributed by atoms with Gasteiger partial charge in [-0.3, -0.25) is 4.90 Å². The average Bonchev–Trinajstić information content (AvgIpc) is 3.63. The van der Waals surface area contributed by atoms with Crippen LogP contribution in [0, 0.1) is 11.6 Å². The van der Waals surface area contributed by atoms with Crippen molar-refractivity contribution in [2.45, 2.75) is 55.5 Å². The quantitative estimate of drug-likeness (QED) is 0.244. The Morgan fingerprint density at radius 3 is 2.80 bits per heavy atom. The SMILES string of the molecule is C=C(F)/C=C\c1cc(O)cc(-c2c(Cl)c3c4c(nc(OC5(C67CCCN6CC(F)C7)CC5)nc4c2F)N2CCNCC2CO3)c1F. The van der Waals surface area contributed by atoms with Gasteiger partial charge in [0.15, 0.2) is 11.6 Å². The molecule has 2 N–H and O–H groups in total. The van der Waals surface area contributed by atoms with Gasteiger partial charge in [0.2, 0.25) is 0 Å². The number of fused-ring (bicyclic) bond motifs is 3. The van der Waals surface area contributed by atoms with E-state index < -0.39 is 40.5 Å². The summed E-state index contributed by atoms with van der Waals surface area (Å²) in [6, 6.07) is 1.89. The fourth-order valence-electron chi connectivity index (χ4n) is 8.10. The third kappa shape index (κ3) is 4.47. The molecule has 3 unspecified atom stereocenters. The molecule has 5 heterocycles. The average molecular weight is 658 g/mol. The molecule has 8 nitrogen and oxygen atoms in total. The summed E-state index contributed by atoms with van der Waals surface area (Å²) < 4.78 is 73.9. The first-order valence-electron chi connectivity index (χ1n) is 15.6. The number of allylic oxidation sites excluding steroid dienone is 2. The van der Waals surface area contributed by atoms with E-state index in [1.807, 2.05) is 4.90 Å². The van der Waals surface area contributed by atoms with Crippen LogP contribution in [0.25, 0.3) is 28.1 Å². The number of piperazine rings is 1. The molecule has 0 amide bonds. The number of rotatable bonds is 6. The van der Waals surface area contributed by atoms with Crippen LogP contribution in [0.4, 0.5) is 23.4 Å². The molecule has 0 radical (unpaired) electrons. The Kier molecular flexibility index (Phi) is 6.93. The van der Waals surface area contributed by atoms with Crippen molar-refractivity contribution in [2.75, 3.05) is 44.2 Å². The molecule has 0 spiro atoms. The van der Waals surface area contributed by atoms with E-state index in [4.69, 9.17) is 26.1 Å². The van der Waals surface area contributed by atoms with Gasteiger partial charge in [0.05, 0.1) is 22.0 Å². The smallest absolute Gasteiger partial charge is 0.319 e. The van der Waals surface area contributed by atoms with Crippen LogP contribution in [0.15, 0.2) is 30.6 Å². The molecule has 1 saturated carbocycles. The zero-order valence-electron chi connectivity index (χ0n) is 24.9. The second kappa shape index (κ2) is 10.7. The first-order chi connectivity index (χ1) is 22.1. The lowest BCUT2D eigenvalue weighted by Gasteiger charge is -2.40. The summed E-state index contributed by atoms with van der Waals surface area (Å²) in [7, 11) is 0. The Labute approximate surface area is 267 Å². The van der Waals surface area contributed by atoms with Gasteiger partial charge in [-0.2, -0.15) is 9.97 Å². The summed E-state index contributed by atoms with van der Waals surface area (Å²) in [6.07, 6.45) is 4.55. The van der Waals surface area contributed by atoms with Gasteiger partial charge in [0.1, 0.15) is 47.1 Å². The number of ether oxygens (including phenoxy) is 2. The number of hydrogen-bond acceptors (Lipinski definition) is 8. The number of aromatic hydroxyl groups is 1. The molecule has 2 aromatic carbocycles. The van der Waals surface area contributed by atoms with Crippen molar-refractivity contribution in [1.82, 2.24) is 20.2 Å². The number of anilines is 1. The molecule has 13 heteroatoms. The Morgan fingerprint density at radius 2 is 2.02 bits per heavy atom. The van der Waals surface area contributed by atoms with E-state index >= 15 is 8.78 Å². The van der Waals surface area contributed by atoms with Crippen molar-refractivity contribution in [2.24, 2.45) is 0 Å². The number of aromatic nitrogens is 2. The lowest BCUT2D eigenvalue weighted by Crippen LogP contribution is -2.54. The van der Waals surface area contributed by atoms with Crippen LogP contribution < -0.4 is 19.7 Å². The maximum absolute atomic E-state index is 16.9. The van der Waals surface area contributed by atoms with E-state index in [0.717, 1.165) is 43.7 Å². The number of halogens is 5. The number of nitrogens with zero attached hydrogens (tertiary/aromatic N) is 4. The molecule has 3 atom stereocenters. The number of hydrogen-bond donors (Lipinski definition) is 2. The minimum Gasteiger partial charge on any atom is -0.508 e. The lowest BCUT2D eigenvalue weighted by molar-refractivity contribution is 0.00763. The highest BCUT2D eigenvalue weighted by Crippen LogP contribution is 2.59. The molecule has 8 rings (SSSR count). The predicted molar refractivity (Wildman–Crippen MR) is 166 cm³/mol. The standard InChI is InChI=1S/C33H32ClF4N5O3/c1-17(35)3-4-18-11-21(44)12-22(26(18)37)23-25(34)29-24-28(27(23)38)40-31(41-30(24)43-10-8-39-14-20(43)16-45-29)46-33(6-7-33)32-5-2-9-42(32)15-19(36)13-32/h3-4,11-12,19-20,39,44H,1-2,5-10,13-16H2/b4-3-. The summed E-state index contributed by atoms with van der Waals surface area (Å²) in [4.78, 5) is 13.6. The summed E-state index contributed by atoms with van der Waals surface area (Å²) in [5.74, 6) is -2.65. The van der Waals surface area contributed by atoms with E-state index in [0.29, 0.717) is 51.3 Å². The fourth-order valence-corrected chi connectivity index (χ4v) is 8.43. The zero-order chi connectivity index (χ0) is 32.0. The highest BCUT2D eigenvalue weighted by Gasteiger charge is 2.68. The van der Waals surface area contributed by atoms with Crippen molar-refractivity contribution >= 4 is 34.4 Å². The fraction of sp³-hybridized carbons (Fsp3) is 0.455. The number of phenolic OH excluding ortho intramolecular Hbond substituents is 1. The van der Waals surface area contributed by atoms with Gasteiger partial charge in [-0.1, -0.05) is 18.2 Å². The summed E-state index contributed by atoms with van der Waals surface area (Å²) in [5.41, 5.74) is -2.31. The molecule has 1 aromatic heterocycles. The molecule has 3 aromatic rings. The molecule has 242 valence electrons. The Hall–Kier alpha value is -3.61. The third-order valence-electron chi connectivity index (χ3n) is 10.2. The van der Waals surface area contributed by atoms with Crippen molar-refractivity contribution in [3.8, 4) is 28.6 Å². The van der Waals surface area contributed by atoms with Crippen molar-refractivity contribution in [3.05, 3.63) is 52.8 Å². The Bertz CT molecular complexity index is 1820. The zero-order valence-corrected chi connectivity index (χ0v) is 25.6. The first-order valence-corrected chi connectivity index (χ1v) is 15.9. The van der Waals surface area contributed by atoms with Crippen LogP contribution in [0.3, 0.4) is 0 Å². The minimum absolute atomic E-state index is 0.0534. The second-order valence-corrected chi connectivity index (χ2v) is 13.3. The van der Waals surface area contributed by atoms with Gasteiger partial charge in [-0.15, -0.1) is 0 Å². The van der Waals surface area contributed by atoms with E-state index in [2.05, 4.69) is 21.8 Å². The Balaban J connectivity index is 1.33. The van der Waals surface area contributed by atoms with E-state index in [9.17, 15) is 13.9 Å². The van der Waals surface area contributed by atoms with Crippen LogP contribution in [-0.4, -0.2) is 82.7 Å². The van der Waals surface area contributed by atoms with Gasteiger partial charge in [0, 0.05) is 49.3 Å². The highest BCUT2D eigenvalue weighted by atomic mass is 35.5. The van der Waals surface area contributed by atoms with Crippen LogP contribution in [0.5, 0.6) is 17.5 Å². The van der Waals surface area contributed by atoms with E-state index in [1.54, 1.807) is 0 Å². The summed E-state index contributed by atoms with van der Waals surface area (Å²) >= 11 is 6.86. The van der Waals surface area contributed by atoms with Crippen LogP contribution >= 0.6 is 11.6 Å². The molecule has 1 aliphatic carbocycles. The predicted octanol–water partition coefficient (Wildman–Crippen LogP) is 6.09. The maximum Gasteiger partial charge on any atom is 0.319 e. The number of phenols is 1. The van der Waals surface area contributed by atoms with Crippen LogP contribution in [-0.2, 0) is 0 Å². The molecule has 5 aliphatic rings. The van der Waals surface area contributed by atoms with Crippen LogP contribution in [0.1, 0.15) is 37.7 Å². The third-order valence-corrected chi connectivity index (χ3v) is 10.6. The lowest BCUT2D eigenvalue weighted by atomic mass is 9.85. The molecular weight excluding hydrogens is 626 g/mol. The molecule has 4 fully saturated rings. The van der Waals surface area contributed by atoms with Gasteiger partial charge in [-0.05, 0) is 56.5 Å². The van der Waals surface area contributed by atoms with E-state index in [-0.39, 0.29) is 57.0 Å². The number of benzene rings is 2. The number of alkyl halides is 1.